The second-order valence-corrected chi connectivity index (χ2v) is 8.49. The number of hydrogen-bond acceptors (Lipinski definition) is 6. The van der Waals surface area contributed by atoms with Gasteiger partial charge in [-0.2, -0.15) is 0 Å². The van der Waals surface area contributed by atoms with Crippen LogP contribution in [0.2, 0.25) is 0 Å². The largest absolute Gasteiger partial charge is 0.326 e. The van der Waals surface area contributed by atoms with Crippen molar-refractivity contribution < 1.29 is 13.2 Å². The fourth-order valence-corrected chi connectivity index (χ4v) is 4.37. The molecule has 1 aliphatic rings. The van der Waals surface area contributed by atoms with Crippen LogP contribution in [0.25, 0.3) is 0 Å². The number of nitrogens with zero attached hydrogens (tertiary/aromatic N) is 2. The summed E-state index contributed by atoms with van der Waals surface area (Å²) < 4.78 is 27.5. The molecule has 1 aromatic carbocycles. The van der Waals surface area contributed by atoms with E-state index < -0.39 is 10.0 Å². The van der Waals surface area contributed by atoms with Crippen molar-refractivity contribution >= 4 is 38.5 Å². The van der Waals surface area contributed by atoms with Crippen molar-refractivity contribution in [3.05, 3.63) is 35.2 Å². The Hall–Kier alpha value is -1.84. The molecule has 26 heavy (non-hydrogen) atoms. The van der Waals surface area contributed by atoms with Gasteiger partial charge in [0, 0.05) is 24.1 Å². The van der Waals surface area contributed by atoms with Crippen molar-refractivity contribution in [2.45, 2.75) is 25.7 Å². The zero-order chi connectivity index (χ0) is 19.2. The first-order valence-corrected chi connectivity index (χ1v) is 10.7. The van der Waals surface area contributed by atoms with Gasteiger partial charge in [-0.3, -0.25) is 14.5 Å². The van der Waals surface area contributed by atoms with Gasteiger partial charge in [0.05, 0.1) is 11.4 Å². The molecule has 0 aliphatic carbocycles. The molecule has 0 unspecified atom stereocenters. The molecule has 0 radical (unpaired) electrons. The predicted molar refractivity (Wildman–Crippen MR) is 107 cm³/mol. The third kappa shape index (κ3) is 5.86. The van der Waals surface area contributed by atoms with Gasteiger partial charge in [0.15, 0.2) is 5.17 Å². The van der Waals surface area contributed by atoms with E-state index >= 15 is 0 Å². The van der Waals surface area contributed by atoms with Crippen LogP contribution in [0.3, 0.4) is 0 Å². The lowest BCUT2D eigenvalue weighted by molar-refractivity contribution is -0.114. The molecule has 0 aromatic heterocycles. The number of benzene rings is 1. The normalized spacial score (nSPS) is 16.0. The van der Waals surface area contributed by atoms with Gasteiger partial charge in [0.2, 0.25) is 5.91 Å². The van der Waals surface area contributed by atoms with Crippen LogP contribution in [-0.4, -0.2) is 50.6 Å². The maximum Gasteiger partial charge on any atom is 0.263 e. The van der Waals surface area contributed by atoms with Crippen LogP contribution in [0.4, 0.5) is 5.69 Å². The molecule has 0 saturated carbocycles. The number of carbonyl (C=O) groups is 1. The molecule has 1 amide bonds. The summed E-state index contributed by atoms with van der Waals surface area (Å²) in [4.78, 5) is 18.7. The van der Waals surface area contributed by atoms with Gasteiger partial charge in [0.25, 0.3) is 10.0 Å². The fraction of sp³-hybridized carbons (Fsp3) is 0.412. The van der Waals surface area contributed by atoms with E-state index in [4.69, 9.17) is 0 Å². The average molecular weight is 397 g/mol. The molecule has 1 heterocycles. The van der Waals surface area contributed by atoms with E-state index in [1.54, 1.807) is 12.1 Å². The highest BCUT2D eigenvalue weighted by molar-refractivity contribution is 8.18. The molecule has 142 valence electrons. The number of amidine groups is 1. The van der Waals surface area contributed by atoms with Crippen LogP contribution in [-0.2, 0) is 14.8 Å². The quantitative estimate of drug-likeness (QED) is 0.738. The number of rotatable bonds is 7. The molecule has 0 spiro atoms. The summed E-state index contributed by atoms with van der Waals surface area (Å²) >= 11 is 1.34. The number of anilines is 1. The summed E-state index contributed by atoms with van der Waals surface area (Å²) in [5.41, 5.74) is 0.547. The lowest BCUT2D eigenvalue weighted by atomic mass is 10.3. The Kier molecular flexibility index (Phi) is 7.24. The minimum Gasteiger partial charge on any atom is -0.326 e. The van der Waals surface area contributed by atoms with Gasteiger partial charge in [-0.05, 0) is 37.4 Å². The SMILES string of the molecule is CCN(CC)C/C=C1\CN=C(NS(=O)(=O)c2ccc(NC(C)=O)cc2)S1. The van der Waals surface area contributed by atoms with Crippen molar-refractivity contribution in [3.8, 4) is 0 Å². The van der Waals surface area contributed by atoms with Crippen LogP contribution in [0.5, 0.6) is 0 Å². The van der Waals surface area contributed by atoms with E-state index in [9.17, 15) is 13.2 Å². The molecule has 1 aliphatic heterocycles. The molecule has 9 heteroatoms. The standard InChI is InChI=1S/C17H24N4O3S2/c1-4-21(5-2)11-10-15-12-18-17(25-15)20-26(23,24)16-8-6-14(7-9-16)19-13(3)22/h6-10H,4-5,11-12H2,1-3H3,(H,18,20)(H,19,22)/b15-10+. The Morgan fingerprint density at radius 1 is 1.27 bits per heavy atom. The highest BCUT2D eigenvalue weighted by Gasteiger charge is 2.21. The van der Waals surface area contributed by atoms with Crippen LogP contribution >= 0.6 is 11.8 Å². The van der Waals surface area contributed by atoms with E-state index in [2.05, 4.69) is 39.9 Å². The first kappa shape index (κ1) is 20.5. The number of nitrogens with one attached hydrogen (secondary N) is 2. The molecular weight excluding hydrogens is 372 g/mol. The smallest absolute Gasteiger partial charge is 0.263 e. The summed E-state index contributed by atoms with van der Waals surface area (Å²) in [5, 5.41) is 2.98. The highest BCUT2D eigenvalue weighted by Crippen LogP contribution is 2.25. The second kappa shape index (κ2) is 9.20. The molecule has 0 bridgehead atoms. The van der Waals surface area contributed by atoms with E-state index in [1.165, 1.54) is 30.8 Å². The van der Waals surface area contributed by atoms with Gasteiger partial charge in [-0.15, -0.1) is 0 Å². The molecular formula is C17H24N4O3S2. The summed E-state index contributed by atoms with van der Waals surface area (Å²) in [7, 11) is -3.70. The minimum absolute atomic E-state index is 0.121. The third-order valence-corrected chi connectivity index (χ3v) is 6.25. The molecule has 0 atom stereocenters. The Labute approximate surface area is 159 Å². The van der Waals surface area contributed by atoms with Gasteiger partial charge < -0.3 is 10.2 Å². The molecule has 1 aromatic rings. The number of thioether (sulfide) groups is 1. The lowest BCUT2D eigenvalue weighted by Crippen LogP contribution is -2.27. The molecule has 0 saturated heterocycles. The first-order chi connectivity index (χ1) is 12.3. The minimum atomic E-state index is -3.70. The monoisotopic (exact) mass is 396 g/mol. The van der Waals surface area contributed by atoms with Gasteiger partial charge in [-0.1, -0.05) is 31.7 Å². The number of carbonyl (C=O) groups excluding carboxylic acids is 1. The maximum atomic E-state index is 12.5. The van der Waals surface area contributed by atoms with Crippen molar-refractivity contribution in [3.63, 3.8) is 0 Å². The van der Waals surface area contributed by atoms with E-state index in [0.29, 0.717) is 17.4 Å². The number of aliphatic imine (C=N–C) groups is 1. The van der Waals surface area contributed by atoms with Gasteiger partial charge in [-0.25, -0.2) is 8.42 Å². The van der Waals surface area contributed by atoms with E-state index in [1.807, 2.05) is 0 Å². The summed E-state index contributed by atoms with van der Waals surface area (Å²) in [5.74, 6) is -0.209. The number of likely N-dealkylation sites (N-methyl/N-ethyl adjacent to an activating group) is 1. The van der Waals surface area contributed by atoms with Gasteiger partial charge >= 0.3 is 0 Å². The zero-order valence-corrected chi connectivity index (χ0v) is 16.8. The fourth-order valence-electron chi connectivity index (χ4n) is 2.31. The second-order valence-electron chi connectivity index (χ2n) is 5.69. The third-order valence-electron chi connectivity index (χ3n) is 3.78. The van der Waals surface area contributed by atoms with Gasteiger partial charge in [0.1, 0.15) is 0 Å². The number of hydrogen-bond donors (Lipinski definition) is 2. The maximum absolute atomic E-state index is 12.5. The lowest BCUT2D eigenvalue weighted by Gasteiger charge is -2.15. The van der Waals surface area contributed by atoms with Crippen LogP contribution in [0.15, 0.2) is 45.1 Å². The Morgan fingerprint density at radius 2 is 1.92 bits per heavy atom. The highest BCUT2D eigenvalue weighted by atomic mass is 32.2. The van der Waals surface area contributed by atoms with Crippen LogP contribution in [0, 0.1) is 0 Å². The zero-order valence-electron chi connectivity index (χ0n) is 15.2. The number of amides is 1. The van der Waals surface area contributed by atoms with Crippen molar-refractivity contribution in [1.29, 1.82) is 0 Å². The molecule has 7 nitrogen and oxygen atoms in total. The Bertz CT molecular complexity index is 798. The Morgan fingerprint density at radius 3 is 2.50 bits per heavy atom. The van der Waals surface area contributed by atoms with Crippen LogP contribution in [0.1, 0.15) is 20.8 Å². The van der Waals surface area contributed by atoms with Crippen molar-refractivity contribution in [1.82, 2.24) is 9.62 Å². The number of sulfonamides is 1. The van der Waals surface area contributed by atoms with E-state index in [0.717, 1.165) is 24.5 Å². The first-order valence-electron chi connectivity index (χ1n) is 8.38. The molecule has 2 N–H and O–H groups in total. The summed E-state index contributed by atoms with van der Waals surface area (Å²) in [6, 6.07) is 6.00. The topological polar surface area (TPSA) is 90.9 Å². The average Bonchev–Trinajstić information content (AvgIpc) is 3.02. The Balaban J connectivity index is 1.97. The predicted octanol–water partition coefficient (Wildman–Crippen LogP) is 2.25. The van der Waals surface area contributed by atoms with Crippen LogP contribution < -0.4 is 10.0 Å². The van der Waals surface area contributed by atoms with Crippen molar-refractivity contribution in [2.75, 3.05) is 31.5 Å². The molecule has 2 rings (SSSR count). The summed E-state index contributed by atoms with van der Waals surface area (Å²) in [6.45, 7) is 8.88. The summed E-state index contributed by atoms with van der Waals surface area (Å²) in [6.07, 6.45) is 2.09. The van der Waals surface area contributed by atoms with Crippen molar-refractivity contribution in [2.24, 2.45) is 4.99 Å². The van der Waals surface area contributed by atoms with E-state index in [-0.39, 0.29) is 10.8 Å². The molecule has 0 fully saturated rings.